The lowest BCUT2D eigenvalue weighted by atomic mass is 10.3. The molecule has 0 atom stereocenters. The number of hydrogen-bond acceptors (Lipinski definition) is 6. The van der Waals surface area contributed by atoms with Crippen molar-refractivity contribution in [2.75, 3.05) is 40.0 Å². The Kier molecular flexibility index (Phi) is 6.38. The summed E-state index contributed by atoms with van der Waals surface area (Å²) in [7, 11) is 1.52. The number of rotatable bonds is 4. The van der Waals surface area contributed by atoms with Crippen molar-refractivity contribution < 1.29 is 28.6 Å². The Morgan fingerprint density at radius 2 is 1.88 bits per heavy atom. The molecule has 1 fully saturated rings. The van der Waals surface area contributed by atoms with Crippen LogP contribution in [0.2, 0.25) is 0 Å². The largest absolute Gasteiger partial charge is 0.497 e. The van der Waals surface area contributed by atoms with Crippen molar-refractivity contribution in [3.05, 3.63) is 24.3 Å². The minimum Gasteiger partial charge on any atom is -0.497 e. The summed E-state index contributed by atoms with van der Waals surface area (Å²) in [6.07, 6.45) is 0. The molecule has 2 rings (SSSR count). The summed E-state index contributed by atoms with van der Waals surface area (Å²) >= 11 is 0. The summed E-state index contributed by atoms with van der Waals surface area (Å²) in [5.74, 6) is -1.18. The van der Waals surface area contributed by atoms with Gasteiger partial charge in [0.15, 0.2) is 6.61 Å². The zero-order chi connectivity index (χ0) is 17.4. The molecule has 0 radical (unpaired) electrons. The molecule has 1 aliphatic rings. The summed E-state index contributed by atoms with van der Waals surface area (Å²) in [5.41, 5.74) is 4.19. The van der Waals surface area contributed by atoms with Crippen LogP contribution < -0.4 is 20.3 Å². The van der Waals surface area contributed by atoms with Crippen molar-refractivity contribution >= 4 is 17.7 Å². The Labute approximate surface area is 138 Å². The molecule has 0 spiro atoms. The molecule has 24 heavy (non-hydrogen) atoms. The number of methoxy groups -OCH3 is 1. The Bertz CT molecular complexity index is 601. The van der Waals surface area contributed by atoms with Crippen molar-refractivity contribution in [1.82, 2.24) is 15.8 Å². The van der Waals surface area contributed by atoms with E-state index in [1.165, 1.54) is 12.0 Å². The molecule has 1 aliphatic heterocycles. The molecule has 130 valence electrons. The molecular formula is C15H19N3O6. The molecule has 0 saturated carbocycles. The molecule has 1 saturated heterocycles. The van der Waals surface area contributed by atoms with Gasteiger partial charge in [-0.3, -0.25) is 25.2 Å². The average molecular weight is 337 g/mol. The Morgan fingerprint density at radius 3 is 2.58 bits per heavy atom. The van der Waals surface area contributed by atoms with E-state index in [9.17, 15) is 14.4 Å². The monoisotopic (exact) mass is 337 g/mol. The van der Waals surface area contributed by atoms with Crippen LogP contribution in [0.5, 0.6) is 11.5 Å². The maximum absolute atomic E-state index is 11.8. The molecule has 1 aromatic rings. The number of carbonyl (C=O) groups excluding carboxylic acids is 3. The number of amides is 3. The molecule has 0 bridgehead atoms. The Morgan fingerprint density at radius 1 is 1.17 bits per heavy atom. The number of carbonyl (C=O) groups is 3. The normalized spacial score (nSPS) is 13.8. The van der Waals surface area contributed by atoms with E-state index < -0.39 is 17.7 Å². The third-order valence-electron chi connectivity index (χ3n) is 3.22. The van der Waals surface area contributed by atoms with Gasteiger partial charge in [-0.1, -0.05) is 6.07 Å². The van der Waals surface area contributed by atoms with Gasteiger partial charge in [0.25, 0.3) is 5.91 Å². The van der Waals surface area contributed by atoms with Crippen LogP contribution in [0.1, 0.15) is 0 Å². The van der Waals surface area contributed by atoms with Gasteiger partial charge in [0, 0.05) is 19.2 Å². The molecule has 0 unspecified atom stereocenters. The number of nitrogens with one attached hydrogen (secondary N) is 2. The number of morpholine rings is 1. The number of ether oxygens (including phenoxy) is 3. The quantitative estimate of drug-likeness (QED) is 0.544. The topological polar surface area (TPSA) is 106 Å². The van der Waals surface area contributed by atoms with E-state index in [0.717, 1.165) is 0 Å². The first kappa shape index (κ1) is 17.5. The zero-order valence-electron chi connectivity index (χ0n) is 13.2. The first-order chi connectivity index (χ1) is 11.6. The average Bonchev–Trinajstić information content (AvgIpc) is 2.64. The van der Waals surface area contributed by atoms with Gasteiger partial charge >= 0.3 is 11.8 Å². The third kappa shape index (κ3) is 5.13. The first-order valence-corrected chi connectivity index (χ1v) is 7.33. The van der Waals surface area contributed by atoms with E-state index in [0.29, 0.717) is 37.8 Å². The highest BCUT2D eigenvalue weighted by Gasteiger charge is 2.23. The molecule has 2 N–H and O–H groups in total. The zero-order valence-corrected chi connectivity index (χ0v) is 13.2. The number of hydrogen-bond donors (Lipinski definition) is 2. The summed E-state index contributed by atoms with van der Waals surface area (Å²) in [6.45, 7) is 1.15. The Balaban J connectivity index is 1.72. The van der Waals surface area contributed by atoms with Crippen molar-refractivity contribution in [1.29, 1.82) is 0 Å². The molecule has 0 aromatic heterocycles. The van der Waals surface area contributed by atoms with Crippen LogP contribution in [0.4, 0.5) is 0 Å². The highest BCUT2D eigenvalue weighted by molar-refractivity contribution is 6.35. The minimum atomic E-state index is -0.911. The van der Waals surface area contributed by atoms with Gasteiger partial charge in [-0.25, -0.2) is 0 Å². The lowest BCUT2D eigenvalue weighted by molar-refractivity contribution is -0.149. The fraction of sp³-hybridized carbons (Fsp3) is 0.400. The van der Waals surface area contributed by atoms with E-state index in [4.69, 9.17) is 14.2 Å². The van der Waals surface area contributed by atoms with Crippen LogP contribution in [0.25, 0.3) is 0 Å². The fourth-order valence-electron chi connectivity index (χ4n) is 1.97. The van der Waals surface area contributed by atoms with Gasteiger partial charge in [-0.15, -0.1) is 0 Å². The molecule has 9 nitrogen and oxygen atoms in total. The summed E-state index contributed by atoms with van der Waals surface area (Å²) < 4.78 is 15.4. The summed E-state index contributed by atoms with van der Waals surface area (Å²) in [6, 6.07) is 6.74. The summed E-state index contributed by atoms with van der Waals surface area (Å²) in [4.78, 5) is 36.5. The van der Waals surface area contributed by atoms with E-state index >= 15 is 0 Å². The highest BCUT2D eigenvalue weighted by Crippen LogP contribution is 2.18. The van der Waals surface area contributed by atoms with Crippen LogP contribution in [-0.4, -0.2) is 62.6 Å². The van der Waals surface area contributed by atoms with Gasteiger partial charge in [-0.2, -0.15) is 0 Å². The van der Waals surface area contributed by atoms with Crippen LogP contribution in [0.3, 0.4) is 0 Å². The van der Waals surface area contributed by atoms with Gasteiger partial charge in [0.05, 0.1) is 20.3 Å². The Hall–Kier alpha value is -2.81. The number of nitrogens with zero attached hydrogens (tertiary/aromatic N) is 1. The van der Waals surface area contributed by atoms with Gasteiger partial charge in [-0.05, 0) is 12.1 Å². The third-order valence-corrected chi connectivity index (χ3v) is 3.22. The van der Waals surface area contributed by atoms with Crippen molar-refractivity contribution in [2.45, 2.75) is 0 Å². The van der Waals surface area contributed by atoms with E-state index in [1.807, 2.05) is 0 Å². The van der Waals surface area contributed by atoms with Crippen molar-refractivity contribution in [3.8, 4) is 11.5 Å². The lowest BCUT2D eigenvalue weighted by Gasteiger charge is -2.26. The minimum absolute atomic E-state index is 0.320. The predicted molar refractivity (Wildman–Crippen MR) is 82.2 cm³/mol. The SMILES string of the molecule is COc1cccc(OCC(=O)NNC(=O)C(=O)N2CCOCC2)c1. The second-order valence-corrected chi connectivity index (χ2v) is 4.87. The van der Waals surface area contributed by atoms with Crippen molar-refractivity contribution in [3.63, 3.8) is 0 Å². The van der Waals surface area contributed by atoms with Gasteiger partial charge in [0.2, 0.25) is 0 Å². The van der Waals surface area contributed by atoms with Crippen LogP contribution in [0.15, 0.2) is 24.3 Å². The second-order valence-electron chi connectivity index (χ2n) is 4.87. The molecule has 1 heterocycles. The summed E-state index contributed by atoms with van der Waals surface area (Å²) in [5, 5.41) is 0. The molecular weight excluding hydrogens is 318 g/mol. The second kappa shape index (κ2) is 8.73. The molecule has 1 aromatic carbocycles. The first-order valence-electron chi connectivity index (χ1n) is 7.33. The van der Waals surface area contributed by atoms with E-state index in [1.54, 1.807) is 24.3 Å². The van der Waals surface area contributed by atoms with Crippen LogP contribution >= 0.6 is 0 Å². The highest BCUT2D eigenvalue weighted by atomic mass is 16.5. The lowest BCUT2D eigenvalue weighted by Crippen LogP contribution is -2.52. The van der Waals surface area contributed by atoms with Gasteiger partial charge in [0.1, 0.15) is 11.5 Å². The number of benzene rings is 1. The maximum atomic E-state index is 11.8. The fourth-order valence-corrected chi connectivity index (χ4v) is 1.97. The predicted octanol–water partition coefficient (Wildman–Crippen LogP) is -0.920. The number of hydrazine groups is 1. The molecule has 3 amide bonds. The van der Waals surface area contributed by atoms with E-state index in [2.05, 4.69) is 10.9 Å². The van der Waals surface area contributed by atoms with Crippen molar-refractivity contribution in [2.24, 2.45) is 0 Å². The smallest absolute Gasteiger partial charge is 0.327 e. The standard InChI is InChI=1S/C15H19N3O6/c1-22-11-3-2-4-12(9-11)24-10-13(19)16-17-14(20)15(21)18-5-7-23-8-6-18/h2-4,9H,5-8,10H2,1H3,(H,16,19)(H,17,20). The van der Waals surface area contributed by atoms with E-state index in [-0.39, 0.29) is 6.61 Å². The molecule has 9 heteroatoms. The molecule has 0 aliphatic carbocycles. The van der Waals surface area contributed by atoms with Crippen LogP contribution in [-0.2, 0) is 19.1 Å². The van der Waals surface area contributed by atoms with Crippen LogP contribution in [0, 0.1) is 0 Å². The maximum Gasteiger partial charge on any atom is 0.327 e. The van der Waals surface area contributed by atoms with Gasteiger partial charge < -0.3 is 19.1 Å².